The van der Waals surface area contributed by atoms with Gasteiger partial charge in [0, 0.05) is 5.56 Å². The fraction of sp³-hybridized carbons (Fsp3) is 0.308. The number of ether oxygens (including phenoxy) is 1. The van der Waals surface area contributed by atoms with Gasteiger partial charge in [0.2, 0.25) is 5.88 Å². The van der Waals surface area contributed by atoms with E-state index in [0.717, 1.165) is 21.6 Å². The largest absolute Gasteiger partial charge is 0.472 e. The second-order valence-corrected chi connectivity index (χ2v) is 5.28. The van der Waals surface area contributed by atoms with Gasteiger partial charge in [-0.15, -0.1) is 0 Å². The molecule has 2 atom stereocenters. The van der Waals surface area contributed by atoms with Crippen LogP contribution in [-0.4, -0.2) is 15.9 Å². The summed E-state index contributed by atoms with van der Waals surface area (Å²) in [5.41, 5.74) is 1.65. The smallest absolute Gasteiger partial charge is 0.227 e. The number of benzene rings is 1. The first-order valence-electron chi connectivity index (χ1n) is 5.78. The molecular formula is C13H12BrFN2O. The lowest BCUT2D eigenvalue weighted by Crippen LogP contribution is -2.15. The van der Waals surface area contributed by atoms with Gasteiger partial charge >= 0.3 is 0 Å². The monoisotopic (exact) mass is 310 g/mol. The zero-order chi connectivity index (χ0) is 12.9. The first-order valence-corrected chi connectivity index (χ1v) is 6.58. The maximum atomic E-state index is 12.9. The molecule has 0 bridgehead atoms. The topological polar surface area (TPSA) is 27.1 Å². The molecule has 0 aliphatic carbocycles. The molecule has 1 aliphatic rings. The number of rotatable bonds is 1. The van der Waals surface area contributed by atoms with E-state index in [1.54, 1.807) is 12.1 Å². The number of aromatic nitrogens is 2. The van der Waals surface area contributed by atoms with Gasteiger partial charge in [0.25, 0.3) is 0 Å². The normalized spacial score (nSPS) is 21.8. The summed E-state index contributed by atoms with van der Waals surface area (Å²) in [6.07, 6.45) is 0.117. The minimum Gasteiger partial charge on any atom is -0.472 e. The molecule has 2 heterocycles. The first-order chi connectivity index (χ1) is 8.58. The molecule has 0 saturated carbocycles. The van der Waals surface area contributed by atoms with Gasteiger partial charge in [-0.2, -0.15) is 5.10 Å². The van der Waals surface area contributed by atoms with Crippen molar-refractivity contribution in [3.63, 3.8) is 0 Å². The molecule has 2 aromatic rings. The fourth-order valence-corrected chi connectivity index (χ4v) is 2.63. The predicted molar refractivity (Wildman–Crippen MR) is 70.1 cm³/mol. The molecule has 94 valence electrons. The lowest BCUT2D eigenvalue weighted by molar-refractivity contribution is 0.225. The molecule has 0 amide bonds. The Balaban J connectivity index is 2.08. The first kappa shape index (κ1) is 11.7. The van der Waals surface area contributed by atoms with Crippen molar-refractivity contribution in [2.24, 2.45) is 0 Å². The molecule has 1 aromatic heterocycles. The van der Waals surface area contributed by atoms with Crippen LogP contribution >= 0.6 is 15.9 Å². The third-order valence-electron chi connectivity index (χ3n) is 3.29. The number of nitrogens with zero attached hydrogens (tertiary/aromatic N) is 2. The minimum atomic E-state index is -0.250. The van der Waals surface area contributed by atoms with Gasteiger partial charge in [0.15, 0.2) is 0 Å². The Kier molecular flexibility index (Phi) is 2.66. The standard InChI is InChI=1S/C13H12BrFN2O/c1-7-8(2)18-13-11(14)12(16-17(7)13)9-3-5-10(15)6-4-9/h3-8H,1-2H3. The number of hydrogen-bond acceptors (Lipinski definition) is 2. The molecule has 0 radical (unpaired) electrons. The summed E-state index contributed by atoms with van der Waals surface area (Å²) < 4.78 is 21.4. The molecule has 0 N–H and O–H groups in total. The summed E-state index contributed by atoms with van der Waals surface area (Å²) in [5, 5.41) is 4.54. The van der Waals surface area contributed by atoms with Crippen molar-refractivity contribution in [1.82, 2.24) is 9.78 Å². The molecule has 5 heteroatoms. The molecule has 0 saturated heterocycles. The van der Waals surface area contributed by atoms with Crippen molar-refractivity contribution in [3.05, 3.63) is 34.6 Å². The van der Waals surface area contributed by atoms with E-state index in [0.29, 0.717) is 0 Å². The Morgan fingerprint density at radius 1 is 1.28 bits per heavy atom. The van der Waals surface area contributed by atoms with Crippen LogP contribution in [0.25, 0.3) is 11.3 Å². The van der Waals surface area contributed by atoms with Gasteiger partial charge in [-0.05, 0) is 54.0 Å². The Hall–Kier alpha value is -1.36. The summed E-state index contributed by atoms with van der Waals surface area (Å²) in [5.74, 6) is 0.495. The van der Waals surface area contributed by atoms with E-state index in [4.69, 9.17) is 4.74 Å². The van der Waals surface area contributed by atoms with E-state index < -0.39 is 0 Å². The molecule has 0 fully saturated rings. The minimum absolute atomic E-state index is 0.117. The van der Waals surface area contributed by atoms with Crippen molar-refractivity contribution in [2.75, 3.05) is 0 Å². The predicted octanol–water partition coefficient (Wildman–Crippen LogP) is 3.79. The van der Waals surface area contributed by atoms with Crippen molar-refractivity contribution >= 4 is 15.9 Å². The van der Waals surface area contributed by atoms with Crippen molar-refractivity contribution < 1.29 is 9.13 Å². The zero-order valence-corrected chi connectivity index (χ0v) is 11.6. The van der Waals surface area contributed by atoms with Crippen molar-refractivity contribution in [1.29, 1.82) is 0 Å². The van der Waals surface area contributed by atoms with E-state index in [9.17, 15) is 4.39 Å². The molecule has 3 rings (SSSR count). The number of hydrogen-bond donors (Lipinski definition) is 0. The summed E-state index contributed by atoms with van der Waals surface area (Å²) in [7, 11) is 0. The fourth-order valence-electron chi connectivity index (χ4n) is 2.05. The van der Waals surface area contributed by atoms with Gasteiger partial charge in [-0.1, -0.05) is 0 Å². The summed E-state index contributed by atoms with van der Waals surface area (Å²) >= 11 is 3.51. The average molecular weight is 311 g/mol. The van der Waals surface area contributed by atoms with Crippen LogP contribution in [0.1, 0.15) is 19.9 Å². The Bertz CT molecular complexity index is 594. The average Bonchev–Trinajstić information content (AvgIpc) is 2.81. The van der Waals surface area contributed by atoms with Crippen LogP contribution in [0, 0.1) is 5.82 Å². The third kappa shape index (κ3) is 1.65. The highest BCUT2D eigenvalue weighted by atomic mass is 79.9. The molecule has 1 aliphatic heterocycles. The zero-order valence-electron chi connectivity index (χ0n) is 10.0. The Morgan fingerprint density at radius 3 is 2.56 bits per heavy atom. The third-order valence-corrected chi connectivity index (χ3v) is 4.01. The molecule has 18 heavy (non-hydrogen) atoms. The summed E-state index contributed by atoms with van der Waals surface area (Å²) in [6, 6.07) is 6.49. The molecule has 0 spiro atoms. The Morgan fingerprint density at radius 2 is 1.94 bits per heavy atom. The second kappa shape index (κ2) is 4.09. The highest BCUT2D eigenvalue weighted by Crippen LogP contribution is 2.42. The van der Waals surface area contributed by atoms with E-state index in [1.165, 1.54) is 12.1 Å². The highest BCUT2D eigenvalue weighted by Gasteiger charge is 2.32. The molecule has 3 nitrogen and oxygen atoms in total. The van der Waals surface area contributed by atoms with Gasteiger partial charge in [-0.25, -0.2) is 9.07 Å². The van der Waals surface area contributed by atoms with Crippen LogP contribution in [0.5, 0.6) is 5.88 Å². The van der Waals surface area contributed by atoms with E-state index in [1.807, 2.05) is 11.6 Å². The van der Waals surface area contributed by atoms with Crippen molar-refractivity contribution in [2.45, 2.75) is 26.0 Å². The second-order valence-electron chi connectivity index (χ2n) is 4.48. The van der Waals surface area contributed by atoms with Crippen LogP contribution in [0.3, 0.4) is 0 Å². The molecular weight excluding hydrogens is 299 g/mol. The maximum Gasteiger partial charge on any atom is 0.227 e. The van der Waals surface area contributed by atoms with Crippen LogP contribution in [0.4, 0.5) is 4.39 Å². The van der Waals surface area contributed by atoms with Gasteiger partial charge in [0.05, 0.1) is 6.04 Å². The van der Waals surface area contributed by atoms with Gasteiger partial charge in [-0.3, -0.25) is 0 Å². The van der Waals surface area contributed by atoms with E-state index in [-0.39, 0.29) is 18.0 Å². The van der Waals surface area contributed by atoms with E-state index >= 15 is 0 Å². The molecule has 2 unspecified atom stereocenters. The lowest BCUT2D eigenvalue weighted by atomic mass is 10.1. The van der Waals surface area contributed by atoms with Gasteiger partial charge in [0.1, 0.15) is 22.1 Å². The maximum absolute atomic E-state index is 12.9. The molecule has 1 aromatic carbocycles. The van der Waals surface area contributed by atoms with Gasteiger partial charge < -0.3 is 4.74 Å². The van der Waals surface area contributed by atoms with Crippen molar-refractivity contribution in [3.8, 4) is 17.1 Å². The Labute approximate surface area is 113 Å². The quantitative estimate of drug-likeness (QED) is 0.801. The van der Waals surface area contributed by atoms with Crippen LogP contribution in [-0.2, 0) is 0 Å². The van der Waals surface area contributed by atoms with E-state index in [2.05, 4.69) is 28.0 Å². The van der Waals surface area contributed by atoms with Crippen LogP contribution in [0.15, 0.2) is 28.7 Å². The van der Waals surface area contributed by atoms with Crippen LogP contribution in [0.2, 0.25) is 0 Å². The van der Waals surface area contributed by atoms with Crippen LogP contribution < -0.4 is 4.74 Å². The highest BCUT2D eigenvalue weighted by molar-refractivity contribution is 9.10. The number of halogens is 2. The number of fused-ring (bicyclic) bond motifs is 1. The summed E-state index contributed by atoms with van der Waals surface area (Å²) in [6.45, 7) is 4.08. The lowest BCUT2D eigenvalue weighted by Gasteiger charge is -2.09. The SMILES string of the molecule is CC1Oc2c(Br)c(-c3ccc(F)cc3)nn2C1C. The summed E-state index contributed by atoms with van der Waals surface area (Å²) in [4.78, 5) is 0.